The van der Waals surface area contributed by atoms with E-state index in [9.17, 15) is 9.90 Å². The Hall–Kier alpha value is -3.27. The maximum Gasteiger partial charge on any atom is 0.304 e. The average molecular weight is 469 g/mol. The molecule has 1 saturated heterocycles. The molecule has 1 aliphatic heterocycles. The van der Waals surface area contributed by atoms with Gasteiger partial charge in [0, 0.05) is 42.2 Å². The second-order valence-electron chi connectivity index (χ2n) is 7.80. The zero-order valence-electron chi connectivity index (χ0n) is 18.3. The summed E-state index contributed by atoms with van der Waals surface area (Å²) in [6, 6.07) is 14.7. The number of amides is 1. The van der Waals surface area contributed by atoms with Gasteiger partial charge in [-0.05, 0) is 19.2 Å². The van der Waals surface area contributed by atoms with Crippen LogP contribution in [0.5, 0.6) is 5.88 Å². The maximum absolute atomic E-state index is 12.1. The fraction of sp³-hybridized carbons (Fsp3) is 0.304. The molecule has 3 aromatic rings. The first-order chi connectivity index (χ1) is 16.0. The molecule has 2 heterocycles. The summed E-state index contributed by atoms with van der Waals surface area (Å²) in [5.41, 5.74) is 1.76. The van der Waals surface area contributed by atoms with Crippen molar-refractivity contribution in [2.45, 2.75) is 6.67 Å². The molecule has 1 N–H and O–H groups in total. The first kappa shape index (κ1) is 22.9. The Bertz CT molecular complexity index is 1180. The van der Waals surface area contributed by atoms with Crippen molar-refractivity contribution >= 4 is 40.3 Å². The molecule has 0 radical (unpaired) electrons. The standard InChI is InChI=1S/C23H25ClN6O3/c1-28-10-12-29(13-11-28)16-30-20-9-5-3-7-18(20)22(23(30)32)27-26-21(31)15-33-25-14-17-6-2-4-8-19(17)24/h2-9,14,32H,10-13,15-16H2,1H3/b25-14-,27-26?. The molecule has 172 valence electrons. The quantitative estimate of drug-likeness (QED) is 0.322. The molecule has 0 spiro atoms. The molecule has 0 unspecified atom stereocenters. The van der Waals surface area contributed by atoms with Crippen molar-refractivity contribution in [1.82, 2.24) is 14.4 Å². The number of aromatic hydroxyl groups is 1. The number of carbonyl (C=O) groups is 1. The molecule has 0 aliphatic carbocycles. The lowest BCUT2D eigenvalue weighted by molar-refractivity contribution is -0.122. The van der Waals surface area contributed by atoms with E-state index in [1.807, 2.05) is 36.4 Å². The second-order valence-corrected chi connectivity index (χ2v) is 8.21. The summed E-state index contributed by atoms with van der Waals surface area (Å²) in [7, 11) is 2.10. The van der Waals surface area contributed by atoms with Crippen LogP contribution in [0, 0.1) is 0 Å². The zero-order chi connectivity index (χ0) is 23.2. The van der Waals surface area contributed by atoms with Crippen molar-refractivity contribution in [1.29, 1.82) is 0 Å². The third-order valence-electron chi connectivity index (χ3n) is 5.48. The van der Waals surface area contributed by atoms with Gasteiger partial charge in [0.15, 0.2) is 12.3 Å². The number of piperazine rings is 1. The number of hydrogen-bond donors (Lipinski definition) is 1. The lowest BCUT2D eigenvalue weighted by atomic mass is 10.2. The summed E-state index contributed by atoms with van der Waals surface area (Å²) < 4.78 is 1.80. The van der Waals surface area contributed by atoms with E-state index in [0.29, 0.717) is 17.3 Å². The van der Waals surface area contributed by atoms with E-state index in [4.69, 9.17) is 16.4 Å². The molecule has 9 nitrogen and oxygen atoms in total. The molecule has 1 aliphatic rings. The third kappa shape index (κ3) is 5.57. The summed E-state index contributed by atoms with van der Waals surface area (Å²) in [5, 5.41) is 23.6. The van der Waals surface area contributed by atoms with Gasteiger partial charge in [0.05, 0.1) is 18.4 Å². The van der Waals surface area contributed by atoms with Crippen molar-refractivity contribution in [3.63, 3.8) is 0 Å². The number of halogens is 1. The third-order valence-corrected chi connectivity index (χ3v) is 5.82. The van der Waals surface area contributed by atoms with Gasteiger partial charge in [-0.25, -0.2) is 0 Å². The Balaban J connectivity index is 1.44. The second kappa shape index (κ2) is 10.6. The van der Waals surface area contributed by atoms with Crippen LogP contribution in [0.25, 0.3) is 10.9 Å². The van der Waals surface area contributed by atoms with Crippen molar-refractivity contribution in [3.8, 4) is 5.88 Å². The van der Waals surface area contributed by atoms with Gasteiger partial charge in [-0.2, -0.15) is 0 Å². The Morgan fingerprint density at radius 2 is 1.85 bits per heavy atom. The molecule has 10 heteroatoms. The van der Waals surface area contributed by atoms with Gasteiger partial charge in [0.25, 0.3) is 0 Å². The lowest BCUT2D eigenvalue weighted by Crippen LogP contribution is -2.44. The molecule has 4 rings (SSSR count). The minimum atomic E-state index is -0.624. The molecule has 0 bridgehead atoms. The van der Waals surface area contributed by atoms with Crippen LogP contribution in [0.2, 0.25) is 5.02 Å². The summed E-state index contributed by atoms with van der Waals surface area (Å²) in [6.45, 7) is 3.91. The predicted octanol–water partition coefficient (Wildman–Crippen LogP) is 3.87. The first-order valence-electron chi connectivity index (χ1n) is 10.6. The number of likely N-dealkylation sites (N-methyl/N-ethyl adjacent to an activating group) is 1. The number of para-hydroxylation sites is 1. The lowest BCUT2D eigenvalue weighted by Gasteiger charge is -2.32. The largest absolute Gasteiger partial charge is 0.493 e. The van der Waals surface area contributed by atoms with E-state index in [1.54, 1.807) is 16.7 Å². The number of oxime groups is 1. The Morgan fingerprint density at radius 3 is 2.64 bits per heavy atom. The van der Waals surface area contributed by atoms with E-state index >= 15 is 0 Å². The van der Waals surface area contributed by atoms with Crippen LogP contribution in [0.15, 0.2) is 63.9 Å². The van der Waals surface area contributed by atoms with E-state index in [0.717, 1.165) is 37.1 Å². The average Bonchev–Trinajstić information content (AvgIpc) is 3.08. The maximum atomic E-state index is 12.1. The van der Waals surface area contributed by atoms with Crippen LogP contribution in [0.4, 0.5) is 5.69 Å². The van der Waals surface area contributed by atoms with Gasteiger partial charge in [-0.3, -0.25) is 14.3 Å². The van der Waals surface area contributed by atoms with Crippen LogP contribution >= 0.6 is 11.6 Å². The van der Waals surface area contributed by atoms with Gasteiger partial charge in [-0.1, -0.05) is 53.2 Å². The topological polar surface area (TPSA) is 95.0 Å². The van der Waals surface area contributed by atoms with Crippen LogP contribution in [0.1, 0.15) is 5.56 Å². The van der Waals surface area contributed by atoms with Gasteiger partial charge in [0.2, 0.25) is 5.88 Å². The van der Waals surface area contributed by atoms with Crippen molar-refractivity contribution in [2.75, 3.05) is 39.8 Å². The highest BCUT2D eigenvalue weighted by molar-refractivity contribution is 6.33. The molecule has 0 atom stereocenters. The number of fused-ring (bicyclic) bond motifs is 1. The van der Waals surface area contributed by atoms with Gasteiger partial charge in [0.1, 0.15) is 0 Å². The number of carbonyl (C=O) groups excluding carboxylic acids is 1. The number of hydrogen-bond acceptors (Lipinski definition) is 7. The molecule has 33 heavy (non-hydrogen) atoms. The summed E-state index contributed by atoms with van der Waals surface area (Å²) in [6.07, 6.45) is 1.42. The number of nitrogens with zero attached hydrogens (tertiary/aromatic N) is 6. The van der Waals surface area contributed by atoms with E-state index < -0.39 is 5.91 Å². The molecular formula is C23H25ClN6O3. The van der Waals surface area contributed by atoms with Gasteiger partial charge in [-0.15, -0.1) is 10.2 Å². The summed E-state index contributed by atoms with van der Waals surface area (Å²) >= 11 is 6.04. The number of benzene rings is 2. The summed E-state index contributed by atoms with van der Waals surface area (Å²) in [4.78, 5) is 21.7. The monoisotopic (exact) mass is 468 g/mol. The highest BCUT2D eigenvalue weighted by Crippen LogP contribution is 2.39. The van der Waals surface area contributed by atoms with Gasteiger partial charge >= 0.3 is 5.91 Å². The minimum absolute atomic E-state index is 0.0238. The van der Waals surface area contributed by atoms with Crippen molar-refractivity contribution in [2.24, 2.45) is 15.4 Å². The van der Waals surface area contributed by atoms with E-state index in [-0.39, 0.29) is 18.2 Å². The number of rotatable bonds is 7. The molecule has 1 aromatic heterocycles. The number of aromatic nitrogens is 1. The van der Waals surface area contributed by atoms with Gasteiger partial charge < -0.3 is 14.8 Å². The predicted molar refractivity (Wildman–Crippen MR) is 127 cm³/mol. The molecule has 1 fully saturated rings. The smallest absolute Gasteiger partial charge is 0.304 e. The SMILES string of the molecule is CN1CCN(Cn2c(O)c(N=NC(=O)CO/N=C\c3ccccc3Cl)c3ccccc32)CC1. The molecule has 1 amide bonds. The normalized spacial score (nSPS) is 15.7. The van der Waals surface area contributed by atoms with E-state index in [1.165, 1.54) is 6.21 Å². The van der Waals surface area contributed by atoms with Crippen LogP contribution in [-0.4, -0.2) is 71.4 Å². The van der Waals surface area contributed by atoms with Crippen LogP contribution in [-0.2, 0) is 16.3 Å². The Labute approximate surface area is 196 Å². The van der Waals surface area contributed by atoms with Crippen molar-refractivity contribution < 1.29 is 14.7 Å². The molecule has 0 saturated carbocycles. The highest BCUT2D eigenvalue weighted by atomic mass is 35.5. The number of azo groups is 1. The van der Waals surface area contributed by atoms with Crippen LogP contribution in [0.3, 0.4) is 0 Å². The van der Waals surface area contributed by atoms with Crippen LogP contribution < -0.4 is 0 Å². The summed E-state index contributed by atoms with van der Waals surface area (Å²) in [5.74, 6) is -0.647. The van der Waals surface area contributed by atoms with Crippen molar-refractivity contribution in [3.05, 3.63) is 59.1 Å². The highest BCUT2D eigenvalue weighted by Gasteiger charge is 2.20. The fourth-order valence-electron chi connectivity index (χ4n) is 3.60. The molecular weight excluding hydrogens is 444 g/mol. The Morgan fingerprint density at radius 1 is 1.12 bits per heavy atom. The molecule has 2 aromatic carbocycles. The minimum Gasteiger partial charge on any atom is -0.493 e. The zero-order valence-corrected chi connectivity index (χ0v) is 19.0. The Kier molecular flexibility index (Phi) is 7.33. The fourth-order valence-corrected chi connectivity index (χ4v) is 3.79. The first-order valence-corrected chi connectivity index (χ1v) is 11.0. The van der Waals surface area contributed by atoms with E-state index in [2.05, 4.69) is 32.2 Å².